The number of amidine groups is 1. The van der Waals surface area contributed by atoms with Crippen LogP contribution in [0.4, 0.5) is 5.69 Å². The van der Waals surface area contributed by atoms with Gasteiger partial charge in [0, 0.05) is 14.7 Å². The van der Waals surface area contributed by atoms with Crippen LogP contribution < -0.4 is 5.32 Å². The molecule has 0 bridgehead atoms. The van der Waals surface area contributed by atoms with E-state index in [0.717, 1.165) is 32.1 Å². The lowest BCUT2D eigenvalue weighted by molar-refractivity contribution is 1.17. The Bertz CT molecular complexity index is 379. The van der Waals surface area contributed by atoms with Crippen LogP contribution in [-0.2, 0) is 0 Å². The van der Waals surface area contributed by atoms with Crippen LogP contribution in [0.5, 0.6) is 0 Å². The predicted octanol–water partition coefficient (Wildman–Crippen LogP) is 3.73. The second-order valence-electron chi connectivity index (χ2n) is 2.78. The van der Waals surface area contributed by atoms with Gasteiger partial charge < -0.3 is 5.32 Å². The third-order valence-corrected chi connectivity index (χ3v) is 3.83. The first-order valence-corrected chi connectivity index (χ1v) is 6.72. The molecule has 0 unspecified atom stereocenters. The number of hydrogen-bond donors (Lipinski definition) is 1. The molecule has 2 rings (SSSR count). The van der Waals surface area contributed by atoms with Crippen molar-refractivity contribution in [1.29, 1.82) is 0 Å². The van der Waals surface area contributed by atoms with Crippen LogP contribution in [0.3, 0.4) is 0 Å². The van der Waals surface area contributed by atoms with Gasteiger partial charge in [-0.15, -0.1) is 0 Å². The summed E-state index contributed by atoms with van der Waals surface area (Å²) in [6.07, 6.45) is 0. The molecule has 0 fully saturated rings. The average Bonchev–Trinajstić information content (AvgIpc) is 2.64. The minimum Gasteiger partial charge on any atom is -0.334 e. The van der Waals surface area contributed by atoms with E-state index in [1.54, 1.807) is 11.8 Å². The minimum absolute atomic E-state index is 0.915. The molecule has 0 spiro atoms. The lowest BCUT2D eigenvalue weighted by Gasteiger charge is -2.07. The lowest BCUT2D eigenvalue weighted by Crippen LogP contribution is -2.05. The van der Waals surface area contributed by atoms with Gasteiger partial charge in [0.05, 0.1) is 12.2 Å². The highest BCUT2D eigenvalue weighted by molar-refractivity contribution is 9.11. The fraction of sp³-hybridized carbons (Fsp3) is 0.222. The summed E-state index contributed by atoms with van der Waals surface area (Å²) < 4.78 is 2.11. The van der Waals surface area contributed by atoms with E-state index in [2.05, 4.69) is 42.2 Å². The summed E-state index contributed by atoms with van der Waals surface area (Å²) in [6.45, 7) is 0.915. The highest BCUT2D eigenvalue weighted by Gasteiger charge is 2.08. The van der Waals surface area contributed by atoms with Gasteiger partial charge in [0.25, 0.3) is 0 Å². The average molecular weight is 336 g/mol. The highest BCUT2D eigenvalue weighted by atomic mass is 79.9. The molecule has 1 aromatic rings. The van der Waals surface area contributed by atoms with E-state index < -0.39 is 0 Å². The lowest BCUT2D eigenvalue weighted by atomic mass is 10.3. The Morgan fingerprint density at radius 1 is 1.36 bits per heavy atom. The molecule has 1 aromatic carbocycles. The van der Waals surface area contributed by atoms with Gasteiger partial charge in [-0.3, -0.25) is 4.99 Å². The maximum atomic E-state index is 4.33. The molecule has 0 aromatic heterocycles. The molecule has 2 nitrogen and oxygen atoms in total. The second kappa shape index (κ2) is 4.68. The number of nitrogens with zero attached hydrogens (tertiary/aromatic N) is 1. The first-order chi connectivity index (χ1) is 6.75. The van der Waals surface area contributed by atoms with Gasteiger partial charge in [0.1, 0.15) is 0 Å². The summed E-state index contributed by atoms with van der Waals surface area (Å²) in [5.74, 6) is 1.08. The van der Waals surface area contributed by atoms with E-state index in [-0.39, 0.29) is 0 Å². The third-order valence-electron chi connectivity index (χ3n) is 1.76. The normalized spacial score (nSPS) is 15.4. The molecule has 0 aliphatic carbocycles. The summed E-state index contributed by atoms with van der Waals surface area (Å²) in [7, 11) is 0. The number of halogens is 2. The first kappa shape index (κ1) is 10.5. The minimum atomic E-state index is 0.915. The molecular weight excluding hydrogens is 328 g/mol. The van der Waals surface area contributed by atoms with E-state index >= 15 is 0 Å². The molecule has 1 heterocycles. The maximum Gasteiger partial charge on any atom is 0.161 e. The molecule has 0 amide bonds. The van der Waals surface area contributed by atoms with Crippen molar-refractivity contribution in [2.45, 2.75) is 0 Å². The van der Waals surface area contributed by atoms with Gasteiger partial charge in [-0.1, -0.05) is 27.7 Å². The topological polar surface area (TPSA) is 24.4 Å². The van der Waals surface area contributed by atoms with Gasteiger partial charge in [-0.25, -0.2) is 0 Å². The van der Waals surface area contributed by atoms with Crippen molar-refractivity contribution >= 4 is 54.5 Å². The van der Waals surface area contributed by atoms with Crippen molar-refractivity contribution in [3.05, 3.63) is 27.1 Å². The largest absolute Gasteiger partial charge is 0.334 e. The van der Waals surface area contributed by atoms with Crippen LogP contribution in [0.15, 0.2) is 32.1 Å². The van der Waals surface area contributed by atoms with Crippen molar-refractivity contribution in [1.82, 2.24) is 0 Å². The second-order valence-corrected chi connectivity index (χ2v) is 5.64. The molecule has 0 atom stereocenters. The number of nitrogens with one attached hydrogen (secondary N) is 1. The zero-order chi connectivity index (χ0) is 9.97. The Kier molecular flexibility index (Phi) is 3.52. The highest BCUT2D eigenvalue weighted by Crippen LogP contribution is 2.27. The molecule has 1 aliphatic heterocycles. The Labute approximate surface area is 104 Å². The van der Waals surface area contributed by atoms with Gasteiger partial charge in [0.15, 0.2) is 5.17 Å². The summed E-state index contributed by atoms with van der Waals surface area (Å²) in [4.78, 5) is 4.33. The molecule has 0 radical (unpaired) electrons. The maximum absolute atomic E-state index is 4.33. The van der Waals surface area contributed by atoms with Gasteiger partial charge in [-0.2, -0.15) is 0 Å². The van der Waals surface area contributed by atoms with E-state index in [1.165, 1.54) is 0 Å². The van der Waals surface area contributed by atoms with Crippen molar-refractivity contribution in [2.24, 2.45) is 4.99 Å². The van der Waals surface area contributed by atoms with E-state index in [1.807, 2.05) is 18.2 Å². The smallest absolute Gasteiger partial charge is 0.161 e. The predicted molar refractivity (Wildman–Crippen MR) is 70.2 cm³/mol. The van der Waals surface area contributed by atoms with E-state index in [4.69, 9.17) is 0 Å². The SMILES string of the molecule is Brc1ccc(Br)c(NC2=NCCS2)c1. The number of benzene rings is 1. The Balaban J connectivity index is 2.19. The first-order valence-electron chi connectivity index (χ1n) is 4.15. The summed E-state index contributed by atoms with van der Waals surface area (Å²) in [5, 5.41) is 4.29. The van der Waals surface area contributed by atoms with Crippen LogP contribution in [0.2, 0.25) is 0 Å². The summed E-state index contributed by atoms with van der Waals surface area (Å²) in [5.41, 5.74) is 1.05. The van der Waals surface area contributed by atoms with Gasteiger partial charge >= 0.3 is 0 Å². The zero-order valence-electron chi connectivity index (χ0n) is 7.26. The number of thioether (sulfide) groups is 1. The summed E-state index contributed by atoms with van der Waals surface area (Å²) in [6, 6.07) is 6.04. The number of aliphatic imine (C=N–C) groups is 1. The third kappa shape index (κ3) is 2.52. The van der Waals surface area contributed by atoms with Crippen molar-refractivity contribution < 1.29 is 0 Å². The Hall–Kier alpha value is -0.000000000000000111. The van der Waals surface area contributed by atoms with Crippen LogP contribution in [-0.4, -0.2) is 17.5 Å². The van der Waals surface area contributed by atoms with E-state index in [0.29, 0.717) is 0 Å². The molecule has 0 saturated carbocycles. The van der Waals surface area contributed by atoms with E-state index in [9.17, 15) is 0 Å². The molecule has 0 saturated heterocycles. The van der Waals surface area contributed by atoms with Crippen molar-refractivity contribution in [2.75, 3.05) is 17.6 Å². The fourth-order valence-electron chi connectivity index (χ4n) is 1.12. The van der Waals surface area contributed by atoms with Crippen molar-refractivity contribution in [3.63, 3.8) is 0 Å². The zero-order valence-corrected chi connectivity index (χ0v) is 11.2. The molecule has 1 N–H and O–H groups in total. The van der Waals surface area contributed by atoms with Crippen molar-refractivity contribution in [3.8, 4) is 0 Å². The van der Waals surface area contributed by atoms with Crippen LogP contribution in [0.25, 0.3) is 0 Å². The molecule has 74 valence electrons. The molecule has 5 heteroatoms. The molecular formula is C9H8Br2N2S. The molecule has 1 aliphatic rings. The number of rotatable bonds is 1. The standard InChI is InChI=1S/C9H8Br2N2S/c10-6-1-2-7(11)8(5-6)13-9-12-3-4-14-9/h1-2,5H,3-4H2,(H,12,13). The molecule has 14 heavy (non-hydrogen) atoms. The Morgan fingerprint density at radius 2 is 2.21 bits per heavy atom. The van der Waals surface area contributed by atoms with Crippen LogP contribution in [0, 0.1) is 0 Å². The number of hydrogen-bond acceptors (Lipinski definition) is 3. The van der Waals surface area contributed by atoms with Crippen LogP contribution in [0.1, 0.15) is 0 Å². The monoisotopic (exact) mass is 334 g/mol. The number of anilines is 1. The van der Waals surface area contributed by atoms with Gasteiger partial charge in [-0.05, 0) is 34.1 Å². The fourth-order valence-corrected chi connectivity index (χ4v) is 2.57. The quantitative estimate of drug-likeness (QED) is 0.845. The Morgan fingerprint density at radius 3 is 2.93 bits per heavy atom. The van der Waals surface area contributed by atoms with Crippen LogP contribution >= 0.6 is 43.6 Å². The summed E-state index contributed by atoms with van der Waals surface area (Å²) >= 11 is 8.68. The van der Waals surface area contributed by atoms with Gasteiger partial charge in [0.2, 0.25) is 0 Å².